The van der Waals surface area contributed by atoms with Gasteiger partial charge in [-0.2, -0.15) is 5.10 Å². The molecule has 4 rings (SSSR count). The van der Waals surface area contributed by atoms with Crippen LogP contribution in [0.1, 0.15) is 42.2 Å². The SMILES string of the molecule is CCC[C@@H]1N(C(=O)c2ccn(C)n2)CC[C@]12C(=O)Nc1ccccc12. The molecule has 2 atom stereocenters. The van der Waals surface area contributed by atoms with Gasteiger partial charge in [0.15, 0.2) is 0 Å². The second-order valence-corrected chi connectivity index (χ2v) is 6.90. The number of nitrogens with one attached hydrogen (secondary N) is 1. The largest absolute Gasteiger partial charge is 0.333 e. The Balaban J connectivity index is 1.76. The summed E-state index contributed by atoms with van der Waals surface area (Å²) in [6.07, 6.45) is 4.12. The van der Waals surface area contributed by atoms with Crippen molar-refractivity contribution in [2.45, 2.75) is 37.6 Å². The summed E-state index contributed by atoms with van der Waals surface area (Å²) in [5, 5.41) is 7.28. The van der Waals surface area contributed by atoms with Crippen LogP contribution in [0.2, 0.25) is 0 Å². The number of benzene rings is 1. The number of para-hydroxylation sites is 1. The van der Waals surface area contributed by atoms with E-state index >= 15 is 0 Å². The van der Waals surface area contributed by atoms with Crippen molar-refractivity contribution in [2.24, 2.45) is 7.05 Å². The number of nitrogens with zero attached hydrogens (tertiary/aromatic N) is 3. The molecular weight excluding hydrogens is 316 g/mol. The first-order chi connectivity index (χ1) is 12.1. The van der Waals surface area contributed by atoms with Crippen LogP contribution in [0, 0.1) is 0 Å². The van der Waals surface area contributed by atoms with Gasteiger partial charge in [-0.3, -0.25) is 14.3 Å². The Morgan fingerprint density at radius 3 is 2.88 bits per heavy atom. The highest BCUT2D eigenvalue weighted by molar-refractivity contribution is 6.08. The number of aromatic nitrogens is 2. The first-order valence-corrected chi connectivity index (χ1v) is 8.79. The quantitative estimate of drug-likeness (QED) is 0.934. The van der Waals surface area contributed by atoms with Crippen LogP contribution in [0.3, 0.4) is 0 Å². The molecule has 130 valence electrons. The summed E-state index contributed by atoms with van der Waals surface area (Å²) in [6, 6.07) is 9.44. The zero-order chi connectivity index (χ0) is 17.6. The summed E-state index contributed by atoms with van der Waals surface area (Å²) in [7, 11) is 1.80. The van der Waals surface area contributed by atoms with Gasteiger partial charge < -0.3 is 10.2 Å². The van der Waals surface area contributed by atoms with Gasteiger partial charge in [0.1, 0.15) is 5.69 Å². The van der Waals surface area contributed by atoms with Gasteiger partial charge in [0.05, 0.1) is 11.5 Å². The first-order valence-electron chi connectivity index (χ1n) is 8.79. The van der Waals surface area contributed by atoms with Crippen LogP contribution in [0.5, 0.6) is 0 Å². The van der Waals surface area contributed by atoms with E-state index in [0.29, 0.717) is 18.7 Å². The minimum atomic E-state index is -0.642. The number of carbonyl (C=O) groups is 2. The molecule has 3 heterocycles. The van der Waals surface area contributed by atoms with Crippen LogP contribution in [-0.2, 0) is 17.3 Å². The van der Waals surface area contributed by atoms with Crippen LogP contribution in [0.4, 0.5) is 5.69 Å². The average molecular weight is 338 g/mol. The molecule has 6 heteroatoms. The van der Waals surface area contributed by atoms with E-state index in [1.165, 1.54) is 0 Å². The molecule has 1 aromatic heterocycles. The van der Waals surface area contributed by atoms with Gasteiger partial charge in [-0.1, -0.05) is 31.5 Å². The Morgan fingerprint density at radius 1 is 1.36 bits per heavy atom. The number of likely N-dealkylation sites (tertiary alicyclic amines) is 1. The van der Waals surface area contributed by atoms with E-state index in [1.54, 1.807) is 24.0 Å². The molecule has 25 heavy (non-hydrogen) atoms. The minimum absolute atomic E-state index is 0.0171. The highest BCUT2D eigenvalue weighted by atomic mass is 16.2. The van der Waals surface area contributed by atoms with Crippen LogP contribution in [-0.4, -0.2) is 39.1 Å². The fraction of sp³-hybridized carbons (Fsp3) is 0.421. The Bertz CT molecular complexity index is 843. The van der Waals surface area contributed by atoms with E-state index < -0.39 is 5.41 Å². The maximum absolute atomic E-state index is 13.0. The number of aryl methyl sites for hydroxylation is 1. The maximum atomic E-state index is 13.0. The first kappa shape index (κ1) is 15.9. The fourth-order valence-corrected chi connectivity index (χ4v) is 4.40. The summed E-state index contributed by atoms with van der Waals surface area (Å²) in [5.74, 6) is -0.0726. The molecule has 1 aromatic carbocycles. The minimum Gasteiger partial charge on any atom is -0.333 e. The molecular formula is C19H22N4O2. The van der Waals surface area contributed by atoms with E-state index in [1.807, 2.05) is 29.2 Å². The van der Waals surface area contributed by atoms with Crippen LogP contribution in [0.15, 0.2) is 36.5 Å². The summed E-state index contributed by atoms with van der Waals surface area (Å²) in [4.78, 5) is 27.9. The van der Waals surface area contributed by atoms with Crippen molar-refractivity contribution in [1.82, 2.24) is 14.7 Å². The molecule has 1 spiro atoms. The van der Waals surface area contributed by atoms with Crippen molar-refractivity contribution >= 4 is 17.5 Å². The lowest BCUT2D eigenvalue weighted by atomic mass is 9.73. The van der Waals surface area contributed by atoms with Gasteiger partial charge in [0, 0.05) is 25.5 Å². The molecule has 0 bridgehead atoms. The summed E-state index contributed by atoms with van der Waals surface area (Å²) >= 11 is 0. The third-order valence-corrected chi connectivity index (χ3v) is 5.51. The van der Waals surface area contributed by atoms with Gasteiger partial charge in [0.25, 0.3) is 5.91 Å². The number of carbonyl (C=O) groups excluding carboxylic acids is 2. The molecule has 2 aromatic rings. The van der Waals surface area contributed by atoms with Crippen molar-refractivity contribution in [1.29, 1.82) is 0 Å². The van der Waals surface area contributed by atoms with Crippen molar-refractivity contribution in [2.75, 3.05) is 11.9 Å². The van der Waals surface area contributed by atoms with Gasteiger partial charge in [-0.15, -0.1) is 0 Å². The second kappa shape index (κ2) is 5.72. The van der Waals surface area contributed by atoms with Crippen molar-refractivity contribution in [3.8, 4) is 0 Å². The highest BCUT2D eigenvalue weighted by Crippen LogP contribution is 2.49. The molecule has 1 fully saturated rings. The third-order valence-electron chi connectivity index (χ3n) is 5.51. The predicted octanol–water partition coefficient (Wildman–Crippen LogP) is 2.32. The fourth-order valence-electron chi connectivity index (χ4n) is 4.40. The zero-order valence-corrected chi connectivity index (χ0v) is 14.5. The number of amides is 2. The Hall–Kier alpha value is -2.63. The smallest absolute Gasteiger partial charge is 0.274 e. The van der Waals surface area contributed by atoms with Crippen LogP contribution < -0.4 is 5.32 Å². The zero-order valence-electron chi connectivity index (χ0n) is 14.5. The lowest BCUT2D eigenvalue weighted by Gasteiger charge is -2.33. The lowest BCUT2D eigenvalue weighted by Crippen LogP contribution is -2.48. The van der Waals surface area contributed by atoms with E-state index in [-0.39, 0.29) is 17.9 Å². The van der Waals surface area contributed by atoms with Crippen LogP contribution >= 0.6 is 0 Å². The molecule has 2 aliphatic rings. The van der Waals surface area contributed by atoms with E-state index in [4.69, 9.17) is 0 Å². The van der Waals surface area contributed by atoms with Gasteiger partial charge in [-0.25, -0.2) is 0 Å². The summed E-state index contributed by atoms with van der Waals surface area (Å²) < 4.78 is 1.63. The van der Waals surface area contributed by atoms with Crippen molar-refractivity contribution < 1.29 is 9.59 Å². The number of rotatable bonds is 3. The molecule has 0 aliphatic carbocycles. The Labute approximate surface area is 146 Å². The number of hydrogen-bond donors (Lipinski definition) is 1. The van der Waals surface area contributed by atoms with E-state index in [2.05, 4.69) is 17.3 Å². The molecule has 0 radical (unpaired) electrons. The molecule has 2 amide bonds. The summed E-state index contributed by atoms with van der Waals surface area (Å²) in [6.45, 7) is 2.66. The average Bonchev–Trinajstić information content (AvgIpc) is 3.27. The number of hydrogen-bond acceptors (Lipinski definition) is 3. The molecule has 6 nitrogen and oxygen atoms in total. The van der Waals surface area contributed by atoms with Crippen molar-refractivity contribution in [3.63, 3.8) is 0 Å². The molecule has 1 N–H and O–H groups in total. The Kier molecular flexibility index (Phi) is 3.63. The van der Waals surface area contributed by atoms with Gasteiger partial charge in [-0.05, 0) is 30.5 Å². The third kappa shape index (κ3) is 2.20. The summed E-state index contributed by atoms with van der Waals surface area (Å²) in [5.41, 5.74) is 1.69. The standard InChI is InChI=1S/C19H22N4O2/c1-3-6-16-19(13-7-4-5-8-14(13)20-18(19)25)10-12-23(16)17(24)15-9-11-22(2)21-15/h4-5,7-9,11,16H,3,6,10,12H2,1-2H3,(H,20,25)/t16-,19+/m0/s1. The van der Waals surface area contributed by atoms with E-state index in [9.17, 15) is 9.59 Å². The monoisotopic (exact) mass is 338 g/mol. The molecule has 0 saturated carbocycles. The predicted molar refractivity (Wildman–Crippen MR) is 94.3 cm³/mol. The van der Waals surface area contributed by atoms with Crippen LogP contribution in [0.25, 0.3) is 0 Å². The van der Waals surface area contributed by atoms with Crippen molar-refractivity contribution in [3.05, 3.63) is 47.8 Å². The normalized spacial score (nSPS) is 24.6. The number of fused-ring (bicyclic) bond motifs is 2. The van der Waals surface area contributed by atoms with E-state index in [0.717, 1.165) is 24.1 Å². The number of anilines is 1. The molecule has 0 unspecified atom stereocenters. The second-order valence-electron chi connectivity index (χ2n) is 6.90. The Morgan fingerprint density at radius 2 is 2.16 bits per heavy atom. The maximum Gasteiger partial charge on any atom is 0.274 e. The molecule has 2 aliphatic heterocycles. The highest BCUT2D eigenvalue weighted by Gasteiger charge is 2.58. The van der Waals surface area contributed by atoms with Gasteiger partial charge in [0.2, 0.25) is 5.91 Å². The topological polar surface area (TPSA) is 67.2 Å². The molecule has 1 saturated heterocycles. The van der Waals surface area contributed by atoms with Gasteiger partial charge >= 0.3 is 0 Å². The lowest BCUT2D eigenvalue weighted by molar-refractivity contribution is -0.121.